The van der Waals surface area contributed by atoms with E-state index in [9.17, 15) is 4.79 Å². The molecular formula is C57H114O2. The smallest absolute Gasteiger partial charge is 0.305 e. The van der Waals surface area contributed by atoms with Gasteiger partial charge in [-0.05, 0) is 12.8 Å². The van der Waals surface area contributed by atoms with E-state index in [1.165, 1.54) is 321 Å². The lowest BCUT2D eigenvalue weighted by Gasteiger charge is -2.06. The predicted octanol–water partition coefficient (Wildman–Crippen LogP) is 21.2. The summed E-state index contributed by atoms with van der Waals surface area (Å²) in [6.07, 6.45) is 74.3. The summed E-state index contributed by atoms with van der Waals surface area (Å²) in [5.41, 5.74) is 0. The molecule has 0 saturated carbocycles. The first-order chi connectivity index (χ1) is 29.3. The van der Waals surface area contributed by atoms with Crippen LogP contribution in [0, 0.1) is 0 Å². The van der Waals surface area contributed by atoms with E-state index in [2.05, 4.69) is 13.8 Å². The highest BCUT2D eigenvalue weighted by atomic mass is 16.5. The zero-order valence-corrected chi connectivity index (χ0v) is 41.5. The number of unbranched alkanes of at least 4 members (excludes halogenated alkanes) is 50. The summed E-state index contributed by atoms with van der Waals surface area (Å²) in [7, 11) is 0. The third-order valence-electron chi connectivity index (χ3n) is 13.5. The van der Waals surface area contributed by atoms with Crippen LogP contribution in [0.5, 0.6) is 0 Å². The predicted molar refractivity (Wildman–Crippen MR) is 267 cm³/mol. The summed E-state index contributed by atoms with van der Waals surface area (Å²) in [4.78, 5) is 12.1. The molecule has 0 amide bonds. The van der Waals surface area contributed by atoms with Crippen LogP contribution in [-0.4, -0.2) is 12.6 Å². The highest BCUT2D eigenvalue weighted by molar-refractivity contribution is 5.69. The molecule has 0 aliphatic carbocycles. The van der Waals surface area contributed by atoms with Gasteiger partial charge in [0.05, 0.1) is 6.61 Å². The maximum atomic E-state index is 12.1. The Labute approximate surface area is 374 Å². The van der Waals surface area contributed by atoms with Crippen molar-refractivity contribution >= 4 is 5.97 Å². The Morgan fingerprint density at radius 1 is 0.220 bits per heavy atom. The molecule has 2 heteroatoms. The van der Waals surface area contributed by atoms with Crippen LogP contribution in [-0.2, 0) is 9.53 Å². The molecule has 0 rings (SSSR count). The number of hydrogen-bond acceptors (Lipinski definition) is 2. The second-order valence-corrected chi connectivity index (χ2v) is 19.6. The second kappa shape index (κ2) is 55.5. The molecule has 0 aromatic rings. The highest BCUT2D eigenvalue weighted by Gasteiger charge is 2.03. The quantitative estimate of drug-likeness (QED) is 0.0451. The van der Waals surface area contributed by atoms with E-state index in [0.29, 0.717) is 13.0 Å². The lowest BCUT2D eigenvalue weighted by Crippen LogP contribution is -2.05. The SMILES string of the molecule is CCCCCCCCCCCCCCCCCCCCCCCCCCCCCCCCCCCCCCC(=O)OCCCCCCCCCCCCCCCCCC. The van der Waals surface area contributed by atoms with E-state index in [4.69, 9.17) is 4.74 Å². The van der Waals surface area contributed by atoms with Crippen LogP contribution in [0.4, 0.5) is 0 Å². The van der Waals surface area contributed by atoms with Crippen molar-refractivity contribution in [3.8, 4) is 0 Å². The second-order valence-electron chi connectivity index (χ2n) is 19.6. The maximum Gasteiger partial charge on any atom is 0.305 e. The van der Waals surface area contributed by atoms with Crippen LogP contribution < -0.4 is 0 Å². The van der Waals surface area contributed by atoms with Gasteiger partial charge in [0.1, 0.15) is 0 Å². The summed E-state index contributed by atoms with van der Waals surface area (Å²) in [5.74, 6) is 0.0344. The summed E-state index contributed by atoms with van der Waals surface area (Å²) in [5, 5.41) is 0. The van der Waals surface area contributed by atoms with Crippen molar-refractivity contribution < 1.29 is 9.53 Å². The average Bonchev–Trinajstić information content (AvgIpc) is 3.24. The van der Waals surface area contributed by atoms with Crippen molar-refractivity contribution in [3.63, 3.8) is 0 Å². The number of carbonyl (C=O) groups is 1. The molecule has 0 bridgehead atoms. The van der Waals surface area contributed by atoms with E-state index in [1.807, 2.05) is 0 Å². The minimum atomic E-state index is 0.0344. The molecule has 0 aliphatic rings. The van der Waals surface area contributed by atoms with Crippen molar-refractivity contribution in [1.29, 1.82) is 0 Å². The first kappa shape index (κ1) is 58.5. The zero-order valence-electron chi connectivity index (χ0n) is 41.5. The summed E-state index contributed by atoms with van der Waals surface area (Å²) < 4.78 is 5.50. The number of carbonyl (C=O) groups excluding carboxylic acids is 1. The third kappa shape index (κ3) is 55.5. The molecule has 0 N–H and O–H groups in total. The molecule has 0 aromatic carbocycles. The fourth-order valence-corrected chi connectivity index (χ4v) is 9.26. The van der Waals surface area contributed by atoms with Gasteiger partial charge in [-0.15, -0.1) is 0 Å². The number of esters is 1. The Hall–Kier alpha value is -0.530. The number of hydrogen-bond donors (Lipinski definition) is 0. The molecule has 2 nitrogen and oxygen atoms in total. The molecule has 0 unspecified atom stereocenters. The molecule has 354 valence electrons. The van der Waals surface area contributed by atoms with Gasteiger partial charge in [0, 0.05) is 6.42 Å². The molecule has 0 saturated heterocycles. The number of rotatable bonds is 54. The van der Waals surface area contributed by atoms with E-state index < -0.39 is 0 Å². The molecule has 59 heavy (non-hydrogen) atoms. The maximum absolute atomic E-state index is 12.1. The third-order valence-corrected chi connectivity index (χ3v) is 13.5. The normalized spacial score (nSPS) is 11.6. The molecule has 0 atom stereocenters. The summed E-state index contributed by atoms with van der Waals surface area (Å²) >= 11 is 0. The molecule has 0 fully saturated rings. The van der Waals surface area contributed by atoms with Gasteiger partial charge < -0.3 is 4.74 Å². The average molecular weight is 832 g/mol. The van der Waals surface area contributed by atoms with Gasteiger partial charge in [0.2, 0.25) is 0 Å². The minimum absolute atomic E-state index is 0.0344. The van der Waals surface area contributed by atoms with Crippen LogP contribution in [0.3, 0.4) is 0 Å². The van der Waals surface area contributed by atoms with Crippen molar-refractivity contribution in [2.24, 2.45) is 0 Å². The lowest BCUT2D eigenvalue weighted by atomic mass is 10.0. The van der Waals surface area contributed by atoms with Crippen LogP contribution >= 0.6 is 0 Å². The van der Waals surface area contributed by atoms with Crippen molar-refractivity contribution in [2.45, 2.75) is 354 Å². The zero-order chi connectivity index (χ0) is 42.5. The lowest BCUT2D eigenvalue weighted by molar-refractivity contribution is -0.143. The van der Waals surface area contributed by atoms with E-state index in [0.717, 1.165) is 12.8 Å². The standard InChI is InChI=1S/C57H114O2/c1-3-5-7-9-11-13-15-17-19-21-22-23-24-25-26-27-28-29-30-31-32-33-34-35-36-37-38-39-40-41-43-45-47-49-51-53-55-57(58)59-56-54-52-50-48-46-44-42-20-18-16-14-12-10-8-6-4-2/h3-56H2,1-2H3. The van der Waals surface area contributed by atoms with Crippen LogP contribution in [0.2, 0.25) is 0 Å². The Balaban J connectivity index is 3.13. The molecule has 0 aromatic heterocycles. The van der Waals surface area contributed by atoms with Crippen molar-refractivity contribution in [2.75, 3.05) is 6.61 Å². The van der Waals surface area contributed by atoms with E-state index >= 15 is 0 Å². The highest BCUT2D eigenvalue weighted by Crippen LogP contribution is 2.18. The first-order valence-electron chi connectivity index (χ1n) is 28.5. The van der Waals surface area contributed by atoms with Gasteiger partial charge >= 0.3 is 5.97 Å². The molecule has 0 radical (unpaired) electrons. The Kier molecular flexibility index (Phi) is 55.0. The van der Waals surface area contributed by atoms with E-state index in [-0.39, 0.29) is 5.97 Å². The van der Waals surface area contributed by atoms with Crippen LogP contribution in [0.15, 0.2) is 0 Å². The first-order valence-corrected chi connectivity index (χ1v) is 28.5. The molecular weight excluding hydrogens is 717 g/mol. The number of ether oxygens (including phenoxy) is 1. The fraction of sp³-hybridized carbons (Fsp3) is 0.982. The fourth-order valence-electron chi connectivity index (χ4n) is 9.26. The van der Waals surface area contributed by atoms with Gasteiger partial charge in [-0.25, -0.2) is 0 Å². The van der Waals surface area contributed by atoms with Gasteiger partial charge in [0.15, 0.2) is 0 Å². The summed E-state index contributed by atoms with van der Waals surface area (Å²) in [6, 6.07) is 0. The largest absolute Gasteiger partial charge is 0.466 e. The molecule has 0 heterocycles. The minimum Gasteiger partial charge on any atom is -0.466 e. The van der Waals surface area contributed by atoms with Gasteiger partial charge in [-0.2, -0.15) is 0 Å². The Morgan fingerprint density at radius 2 is 0.373 bits per heavy atom. The van der Waals surface area contributed by atoms with Gasteiger partial charge in [-0.3, -0.25) is 4.79 Å². The van der Waals surface area contributed by atoms with Crippen molar-refractivity contribution in [1.82, 2.24) is 0 Å². The van der Waals surface area contributed by atoms with Crippen molar-refractivity contribution in [3.05, 3.63) is 0 Å². The summed E-state index contributed by atoms with van der Waals surface area (Å²) in [6.45, 7) is 5.24. The Bertz CT molecular complexity index is 732. The topological polar surface area (TPSA) is 26.3 Å². The van der Waals surface area contributed by atoms with E-state index in [1.54, 1.807) is 0 Å². The molecule has 0 aliphatic heterocycles. The monoisotopic (exact) mass is 831 g/mol. The van der Waals surface area contributed by atoms with Gasteiger partial charge in [0.25, 0.3) is 0 Å². The Morgan fingerprint density at radius 3 is 0.559 bits per heavy atom. The van der Waals surface area contributed by atoms with Crippen LogP contribution in [0.25, 0.3) is 0 Å². The molecule has 0 spiro atoms. The van der Waals surface area contributed by atoms with Crippen LogP contribution in [0.1, 0.15) is 354 Å². The van der Waals surface area contributed by atoms with Gasteiger partial charge in [-0.1, -0.05) is 335 Å².